The van der Waals surface area contributed by atoms with Gasteiger partial charge in [0.1, 0.15) is 5.69 Å². The van der Waals surface area contributed by atoms with Gasteiger partial charge in [-0.3, -0.25) is 9.20 Å². The summed E-state index contributed by atoms with van der Waals surface area (Å²) in [6.45, 7) is 0. The molecule has 0 fully saturated rings. The first-order chi connectivity index (χ1) is 8.25. The number of nitrogens with two attached hydrogens (primary N) is 1. The standard InChI is InChI=1S/C12H9N3OS/c13-11(16)10-7-17-12-14-9(6-15(10)12)8-4-2-1-3-5-8/h1-7H,(H2,13,16). The Bertz CT molecular complexity index is 684. The van der Waals surface area contributed by atoms with Crippen LogP contribution in [0.2, 0.25) is 0 Å². The van der Waals surface area contributed by atoms with Gasteiger partial charge in [-0.05, 0) is 0 Å². The van der Waals surface area contributed by atoms with Crippen LogP contribution in [0.3, 0.4) is 0 Å². The zero-order valence-corrected chi connectivity index (χ0v) is 9.65. The quantitative estimate of drug-likeness (QED) is 0.749. The van der Waals surface area contributed by atoms with Crippen LogP contribution in [0.4, 0.5) is 0 Å². The van der Waals surface area contributed by atoms with E-state index in [0.29, 0.717) is 5.69 Å². The summed E-state index contributed by atoms with van der Waals surface area (Å²) in [7, 11) is 0. The van der Waals surface area contributed by atoms with E-state index in [0.717, 1.165) is 16.2 Å². The molecule has 2 N–H and O–H groups in total. The summed E-state index contributed by atoms with van der Waals surface area (Å²) in [5, 5.41) is 1.72. The molecule has 0 aliphatic carbocycles. The number of fused-ring (bicyclic) bond motifs is 1. The number of carbonyl (C=O) groups excluding carboxylic acids is 1. The maximum absolute atomic E-state index is 11.2. The second kappa shape index (κ2) is 3.71. The molecular formula is C12H9N3OS. The number of carbonyl (C=O) groups is 1. The Labute approximate surface area is 101 Å². The van der Waals surface area contributed by atoms with Gasteiger partial charge in [-0.15, -0.1) is 11.3 Å². The number of hydrogen-bond acceptors (Lipinski definition) is 3. The molecule has 0 spiro atoms. The van der Waals surface area contributed by atoms with Crippen LogP contribution in [0.1, 0.15) is 10.5 Å². The number of aromatic nitrogens is 2. The lowest BCUT2D eigenvalue weighted by Gasteiger charge is -1.94. The van der Waals surface area contributed by atoms with Gasteiger partial charge >= 0.3 is 0 Å². The highest BCUT2D eigenvalue weighted by molar-refractivity contribution is 7.15. The van der Waals surface area contributed by atoms with E-state index in [1.807, 2.05) is 36.5 Å². The summed E-state index contributed by atoms with van der Waals surface area (Å²) in [5.41, 5.74) is 7.64. The number of nitrogens with zero attached hydrogens (tertiary/aromatic N) is 2. The third kappa shape index (κ3) is 1.60. The van der Waals surface area contributed by atoms with Crippen molar-refractivity contribution in [1.29, 1.82) is 0 Å². The number of rotatable bonds is 2. The lowest BCUT2D eigenvalue weighted by Crippen LogP contribution is -2.12. The Morgan fingerprint density at radius 1 is 1.29 bits per heavy atom. The molecular weight excluding hydrogens is 234 g/mol. The minimum atomic E-state index is -0.437. The fraction of sp³-hybridized carbons (Fsp3) is 0. The van der Waals surface area contributed by atoms with Crippen molar-refractivity contribution in [3.8, 4) is 11.3 Å². The Kier molecular flexibility index (Phi) is 2.19. The van der Waals surface area contributed by atoms with Gasteiger partial charge in [0.2, 0.25) is 0 Å². The third-order valence-electron chi connectivity index (χ3n) is 2.53. The molecule has 1 amide bonds. The molecule has 3 rings (SSSR count). The van der Waals surface area contributed by atoms with Gasteiger partial charge in [-0.25, -0.2) is 4.98 Å². The Morgan fingerprint density at radius 3 is 2.76 bits per heavy atom. The number of amides is 1. The maximum Gasteiger partial charge on any atom is 0.266 e. The molecule has 0 unspecified atom stereocenters. The number of thiazole rings is 1. The van der Waals surface area contributed by atoms with Crippen LogP contribution < -0.4 is 5.73 Å². The summed E-state index contributed by atoms with van der Waals surface area (Å²) in [6, 6.07) is 9.83. The van der Waals surface area contributed by atoms with Gasteiger partial charge in [0, 0.05) is 17.1 Å². The molecule has 0 saturated heterocycles. The van der Waals surface area contributed by atoms with Gasteiger partial charge in [0.15, 0.2) is 4.96 Å². The first-order valence-electron chi connectivity index (χ1n) is 5.07. The molecule has 5 heteroatoms. The van der Waals surface area contributed by atoms with Crippen molar-refractivity contribution in [2.24, 2.45) is 5.73 Å². The van der Waals surface area contributed by atoms with Crippen molar-refractivity contribution in [1.82, 2.24) is 9.38 Å². The fourth-order valence-corrected chi connectivity index (χ4v) is 2.57. The summed E-state index contributed by atoms with van der Waals surface area (Å²) < 4.78 is 1.73. The highest BCUT2D eigenvalue weighted by Gasteiger charge is 2.12. The van der Waals surface area contributed by atoms with E-state index in [1.54, 1.807) is 9.78 Å². The number of benzene rings is 1. The molecule has 2 aromatic heterocycles. The van der Waals surface area contributed by atoms with E-state index in [1.165, 1.54) is 11.3 Å². The van der Waals surface area contributed by atoms with Crippen molar-refractivity contribution in [2.75, 3.05) is 0 Å². The molecule has 0 radical (unpaired) electrons. The summed E-state index contributed by atoms with van der Waals surface area (Å²) >= 11 is 1.41. The van der Waals surface area contributed by atoms with E-state index < -0.39 is 5.91 Å². The SMILES string of the molecule is NC(=O)c1csc2nc(-c3ccccc3)cn12. The Hall–Kier alpha value is -2.14. The monoisotopic (exact) mass is 243 g/mol. The molecule has 0 aliphatic heterocycles. The van der Waals surface area contributed by atoms with Gasteiger partial charge in [0.05, 0.1) is 5.69 Å². The minimum Gasteiger partial charge on any atom is -0.364 e. The highest BCUT2D eigenvalue weighted by Crippen LogP contribution is 2.23. The second-order valence-electron chi connectivity index (χ2n) is 3.63. The lowest BCUT2D eigenvalue weighted by molar-refractivity contribution is 0.0995. The largest absolute Gasteiger partial charge is 0.364 e. The summed E-state index contributed by atoms with van der Waals surface area (Å²) in [4.78, 5) is 16.4. The Balaban J connectivity index is 2.18. The Morgan fingerprint density at radius 2 is 2.06 bits per heavy atom. The molecule has 0 saturated carbocycles. The van der Waals surface area contributed by atoms with E-state index in [2.05, 4.69) is 4.98 Å². The number of hydrogen-bond donors (Lipinski definition) is 1. The van der Waals surface area contributed by atoms with E-state index in [-0.39, 0.29) is 0 Å². The van der Waals surface area contributed by atoms with Crippen molar-refractivity contribution >= 4 is 22.2 Å². The van der Waals surface area contributed by atoms with Gasteiger partial charge in [-0.1, -0.05) is 30.3 Å². The van der Waals surface area contributed by atoms with Crippen LogP contribution in [0.25, 0.3) is 16.2 Å². The van der Waals surface area contributed by atoms with Gasteiger partial charge < -0.3 is 5.73 Å². The second-order valence-corrected chi connectivity index (χ2v) is 4.47. The van der Waals surface area contributed by atoms with Gasteiger partial charge in [-0.2, -0.15) is 0 Å². The number of primary amides is 1. The smallest absolute Gasteiger partial charge is 0.266 e. The zero-order chi connectivity index (χ0) is 11.8. The normalized spacial score (nSPS) is 10.8. The molecule has 0 bridgehead atoms. The third-order valence-corrected chi connectivity index (χ3v) is 3.37. The topological polar surface area (TPSA) is 60.4 Å². The van der Waals surface area contributed by atoms with Crippen LogP contribution in [0.5, 0.6) is 0 Å². The zero-order valence-electron chi connectivity index (χ0n) is 8.83. The number of imidazole rings is 1. The molecule has 0 aliphatic rings. The predicted molar refractivity (Wildman–Crippen MR) is 67.0 cm³/mol. The van der Waals surface area contributed by atoms with Crippen molar-refractivity contribution in [2.45, 2.75) is 0 Å². The van der Waals surface area contributed by atoms with Crippen LogP contribution in [-0.4, -0.2) is 15.3 Å². The van der Waals surface area contributed by atoms with Crippen LogP contribution in [0.15, 0.2) is 41.9 Å². The van der Waals surface area contributed by atoms with Crippen LogP contribution in [0, 0.1) is 0 Å². The average Bonchev–Trinajstić information content (AvgIpc) is 2.88. The van der Waals surface area contributed by atoms with E-state index >= 15 is 0 Å². The van der Waals surface area contributed by atoms with Crippen LogP contribution in [-0.2, 0) is 0 Å². The summed E-state index contributed by atoms with van der Waals surface area (Å²) in [5.74, 6) is -0.437. The van der Waals surface area contributed by atoms with Crippen molar-refractivity contribution in [3.05, 3.63) is 47.6 Å². The average molecular weight is 243 g/mol. The molecule has 84 valence electrons. The van der Waals surface area contributed by atoms with Crippen molar-refractivity contribution < 1.29 is 4.79 Å². The van der Waals surface area contributed by atoms with Crippen molar-refractivity contribution in [3.63, 3.8) is 0 Å². The van der Waals surface area contributed by atoms with E-state index in [4.69, 9.17) is 5.73 Å². The van der Waals surface area contributed by atoms with Crippen LogP contribution >= 0.6 is 11.3 Å². The molecule has 2 heterocycles. The maximum atomic E-state index is 11.2. The molecule has 17 heavy (non-hydrogen) atoms. The fourth-order valence-electron chi connectivity index (χ4n) is 1.71. The molecule has 0 atom stereocenters. The minimum absolute atomic E-state index is 0.437. The first kappa shape index (κ1) is 10.0. The molecule has 1 aromatic carbocycles. The predicted octanol–water partition coefficient (Wildman–Crippen LogP) is 2.16. The van der Waals surface area contributed by atoms with Gasteiger partial charge in [0.25, 0.3) is 5.91 Å². The van der Waals surface area contributed by atoms with E-state index in [9.17, 15) is 4.79 Å². The molecule has 4 nitrogen and oxygen atoms in total. The molecule has 3 aromatic rings. The first-order valence-corrected chi connectivity index (χ1v) is 5.95. The highest BCUT2D eigenvalue weighted by atomic mass is 32.1. The summed E-state index contributed by atoms with van der Waals surface area (Å²) in [6.07, 6.45) is 1.83. The lowest BCUT2D eigenvalue weighted by atomic mass is 10.2.